The fourth-order valence-corrected chi connectivity index (χ4v) is 2.60. The number of primary sulfonamides is 1. The molecule has 0 aromatic carbocycles. The zero-order valence-corrected chi connectivity index (χ0v) is 8.47. The normalized spacial score (nSPS) is 16.9. The Bertz CT molecular complexity index is 233. The lowest BCUT2D eigenvalue weighted by atomic mass is 10.0. The van der Waals surface area contributed by atoms with Gasteiger partial charge in [-0.25, -0.2) is 13.6 Å². The SMILES string of the molecule is C=CC[C@H](C)[C@@H](CC)S(N)(=O)=O. The van der Waals surface area contributed by atoms with Crippen molar-refractivity contribution in [1.29, 1.82) is 0 Å². The highest BCUT2D eigenvalue weighted by Crippen LogP contribution is 2.17. The van der Waals surface area contributed by atoms with E-state index in [1.54, 1.807) is 6.08 Å². The topological polar surface area (TPSA) is 60.2 Å². The molecule has 0 aromatic heterocycles. The number of hydrogen-bond donors (Lipinski definition) is 1. The summed E-state index contributed by atoms with van der Waals surface area (Å²) in [4.78, 5) is 0. The fraction of sp³-hybridized carbons (Fsp3) is 0.750. The van der Waals surface area contributed by atoms with Gasteiger partial charge in [0.2, 0.25) is 10.0 Å². The molecular weight excluding hydrogens is 174 g/mol. The van der Waals surface area contributed by atoms with Crippen LogP contribution >= 0.6 is 0 Å². The highest BCUT2D eigenvalue weighted by atomic mass is 32.2. The summed E-state index contributed by atoms with van der Waals surface area (Å²) in [7, 11) is -3.38. The maximum Gasteiger partial charge on any atom is 0.212 e. The molecule has 0 aliphatic rings. The largest absolute Gasteiger partial charge is 0.228 e. The monoisotopic (exact) mass is 191 g/mol. The number of sulfonamides is 1. The molecule has 0 rings (SSSR count). The Morgan fingerprint density at radius 3 is 2.33 bits per heavy atom. The van der Waals surface area contributed by atoms with Crippen molar-refractivity contribution in [2.24, 2.45) is 11.1 Å². The lowest BCUT2D eigenvalue weighted by molar-refractivity contribution is 0.499. The standard InChI is InChI=1S/C8H17NO2S/c1-4-6-7(3)8(5-2)12(9,10)11/h4,7-8H,1,5-6H2,2-3H3,(H2,9,10,11)/t7-,8+/m0/s1. The Morgan fingerprint density at radius 1 is 1.58 bits per heavy atom. The van der Waals surface area contributed by atoms with Crippen LogP contribution in [0.3, 0.4) is 0 Å². The Morgan fingerprint density at radius 2 is 2.08 bits per heavy atom. The first kappa shape index (κ1) is 11.6. The molecule has 2 N–H and O–H groups in total. The molecule has 0 spiro atoms. The average Bonchev–Trinajstić information content (AvgIpc) is 1.85. The molecule has 12 heavy (non-hydrogen) atoms. The van der Waals surface area contributed by atoms with Crippen LogP contribution in [0, 0.1) is 5.92 Å². The van der Waals surface area contributed by atoms with E-state index in [-0.39, 0.29) is 5.92 Å². The number of hydrogen-bond acceptors (Lipinski definition) is 2. The second-order valence-corrected chi connectivity index (χ2v) is 4.82. The van der Waals surface area contributed by atoms with Crippen LogP contribution in [0.5, 0.6) is 0 Å². The predicted molar refractivity (Wildman–Crippen MR) is 51.2 cm³/mol. The van der Waals surface area contributed by atoms with E-state index in [9.17, 15) is 8.42 Å². The summed E-state index contributed by atoms with van der Waals surface area (Å²) in [6, 6.07) is 0. The lowest BCUT2D eigenvalue weighted by Crippen LogP contribution is -2.33. The minimum Gasteiger partial charge on any atom is -0.228 e. The van der Waals surface area contributed by atoms with Crippen molar-refractivity contribution in [1.82, 2.24) is 0 Å². The molecule has 0 fully saturated rings. The third-order valence-corrected chi connectivity index (χ3v) is 3.64. The maximum absolute atomic E-state index is 11.0. The summed E-state index contributed by atoms with van der Waals surface area (Å²) in [6.07, 6.45) is 2.97. The van der Waals surface area contributed by atoms with Gasteiger partial charge in [0.15, 0.2) is 0 Å². The van der Waals surface area contributed by atoms with Gasteiger partial charge >= 0.3 is 0 Å². The predicted octanol–water partition coefficient (Wildman–Crippen LogP) is 1.27. The zero-order valence-electron chi connectivity index (χ0n) is 7.66. The first-order valence-corrected chi connectivity index (χ1v) is 5.66. The minimum atomic E-state index is -3.38. The second-order valence-electron chi connectivity index (χ2n) is 3.04. The van der Waals surface area contributed by atoms with E-state index in [1.165, 1.54) is 0 Å². The molecule has 0 aromatic rings. The Labute approximate surface area is 74.7 Å². The minimum absolute atomic E-state index is 0.0579. The summed E-state index contributed by atoms with van der Waals surface area (Å²) >= 11 is 0. The van der Waals surface area contributed by atoms with Crippen molar-refractivity contribution < 1.29 is 8.42 Å². The van der Waals surface area contributed by atoms with E-state index in [0.29, 0.717) is 12.8 Å². The summed E-state index contributed by atoms with van der Waals surface area (Å²) in [5.41, 5.74) is 0. The Balaban J connectivity index is 4.45. The Kier molecular flexibility index (Phi) is 4.49. The van der Waals surface area contributed by atoms with E-state index >= 15 is 0 Å². The third-order valence-electron chi connectivity index (χ3n) is 2.00. The summed E-state index contributed by atoms with van der Waals surface area (Å²) in [5.74, 6) is 0.0579. The van der Waals surface area contributed by atoms with Gasteiger partial charge in [-0.3, -0.25) is 0 Å². The lowest BCUT2D eigenvalue weighted by Gasteiger charge is -2.18. The molecule has 3 nitrogen and oxygen atoms in total. The van der Waals surface area contributed by atoms with Gasteiger partial charge in [-0.15, -0.1) is 6.58 Å². The molecule has 4 heteroatoms. The average molecular weight is 191 g/mol. The van der Waals surface area contributed by atoms with Crippen LogP contribution < -0.4 is 5.14 Å². The van der Waals surface area contributed by atoms with Gasteiger partial charge in [-0.1, -0.05) is 19.9 Å². The molecule has 0 aliphatic heterocycles. The van der Waals surface area contributed by atoms with Crippen LogP contribution in [0.15, 0.2) is 12.7 Å². The van der Waals surface area contributed by atoms with Crippen LogP contribution in [0.2, 0.25) is 0 Å². The second kappa shape index (κ2) is 4.62. The highest BCUT2D eigenvalue weighted by Gasteiger charge is 2.24. The molecule has 0 amide bonds. The number of nitrogens with two attached hydrogens (primary N) is 1. The molecule has 2 atom stereocenters. The summed E-state index contributed by atoms with van der Waals surface area (Å²) in [6.45, 7) is 7.27. The van der Waals surface area contributed by atoms with E-state index in [1.807, 2.05) is 13.8 Å². The van der Waals surface area contributed by atoms with Gasteiger partial charge in [0.1, 0.15) is 0 Å². The van der Waals surface area contributed by atoms with Crippen molar-refractivity contribution in [3.63, 3.8) is 0 Å². The Hall–Kier alpha value is -0.350. The van der Waals surface area contributed by atoms with Gasteiger partial charge in [0.25, 0.3) is 0 Å². The molecular formula is C8H17NO2S. The van der Waals surface area contributed by atoms with Crippen LogP contribution in [-0.4, -0.2) is 13.7 Å². The molecule has 0 heterocycles. The highest BCUT2D eigenvalue weighted by molar-refractivity contribution is 7.89. The van der Waals surface area contributed by atoms with E-state index in [0.717, 1.165) is 0 Å². The molecule has 0 saturated carbocycles. The molecule has 0 saturated heterocycles. The van der Waals surface area contributed by atoms with Crippen LogP contribution in [0.25, 0.3) is 0 Å². The van der Waals surface area contributed by atoms with Crippen molar-refractivity contribution in [2.45, 2.75) is 31.9 Å². The van der Waals surface area contributed by atoms with Crippen molar-refractivity contribution in [3.05, 3.63) is 12.7 Å². The zero-order chi connectivity index (χ0) is 9.78. The smallest absolute Gasteiger partial charge is 0.212 e. The molecule has 0 unspecified atom stereocenters. The van der Waals surface area contributed by atoms with Crippen molar-refractivity contribution in [2.75, 3.05) is 0 Å². The van der Waals surface area contributed by atoms with Crippen LogP contribution in [0.4, 0.5) is 0 Å². The quantitative estimate of drug-likeness (QED) is 0.665. The van der Waals surface area contributed by atoms with E-state index in [2.05, 4.69) is 6.58 Å². The van der Waals surface area contributed by atoms with Crippen LogP contribution in [0.1, 0.15) is 26.7 Å². The molecule has 72 valence electrons. The number of allylic oxidation sites excluding steroid dienone is 1. The van der Waals surface area contributed by atoms with Crippen molar-refractivity contribution >= 4 is 10.0 Å². The first-order chi connectivity index (χ1) is 5.43. The van der Waals surface area contributed by atoms with Gasteiger partial charge in [0.05, 0.1) is 5.25 Å². The third kappa shape index (κ3) is 3.36. The first-order valence-electron chi connectivity index (χ1n) is 4.06. The van der Waals surface area contributed by atoms with E-state index in [4.69, 9.17) is 5.14 Å². The summed E-state index contributed by atoms with van der Waals surface area (Å²) in [5, 5.41) is 4.62. The fourth-order valence-electron chi connectivity index (χ4n) is 1.37. The molecule has 0 bridgehead atoms. The van der Waals surface area contributed by atoms with Gasteiger partial charge in [-0.05, 0) is 18.8 Å². The number of rotatable bonds is 5. The van der Waals surface area contributed by atoms with Crippen LogP contribution in [-0.2, 0) is 10.0 Å². The van der Waals surface area contributed by atoms with Crippen molar-refractivity contribution in [3.8, 4) is 0 Å². The maximum atomic E-state index is 11.0. The molecule has 0 radical (unpaired) electrons. The van der Waals surface area contributed by atoms with Gasteiger partial charge in [0, 0.05) is 0 Å². The van der Waals surface area contributed by atoms with E-state index < -0.39 is 15.3 Å². The van der Waals surface area contributed by atoms with Gasteiger partial charge in [-0.2, -0.15) is 0 Å². The molecule has 0 aliphatic carbocycles. The van der Waals surface area contributed by atoms with Gasteiger partial charge < -0.3 is 0 Å². The summed E-state index contributed by atoms with van der Waals surface area (Å²) < 4.78 is 22.0.